The number of amides is 1. The van der Waals surface area contributed by atoms with Crippen molar-refractivity contribution >= 4 is 23.2 Å². The van der Waals surface area contributed by atoms with E-state index < -0.39 is 0 Å². The van der Waals surface area contributed by atoms with Crippen LogP contribution in [-0.4, -0.2) is 47.2 Å². The largest absolute Gasteiger partial charge is 0.378 e. The number of nitrogens with zero attached hydrogens (tertiary/aromatic N) is 4. The smallest absolute Gasteiger partial charge is 0.263 e. The Hall–Kier alpha value is -2.06. The number of morpholine rings is 1. The van der Waals surface area contributed by atoms with E-state index in [0.717, 1.165) is 30.2 Å². The lowest BCUT2D eigenvalue weighted by Crippen LogP contribution is -2.37. The van der Waals surface area contributed by atoms with Gasteiger partial charge in [-0.3, -0.25) is 4.79 Å². The molecule has 1 saturated heterocycles. The van der Waals surface area contributed by atoms with Gasteiger partial charge in [-0.1, -0.05) is 0 Å². The van der Waals surface area contributed by atoms with E-state index in [-0.39, 0.29) is 5.91 Å². The average molecular weight is 333 g/mol. The van der Waals surface area contributed by atoms with E-state index >= 15 is 0 Å². The Kier molecular flexibility index (Phi) is 4.82. The lowest BCUT2D eigenvalue weighted by Gasteiger charge is -2.27. The summed E-state index contributed by atoms with van der Waals surface area (Å²) in [6.07, 6.45) is 0. The summed E-state index contributed by atoms with van der Waals surface area (Å²) in [5, 5.41) is 2.90. The number of thiazole rings is 1. The fourth-order valence-electron chi connectivity index (χ4n) is 2.38. The maximum Gasteiger partial charge on any atom is 0.263 e. The van der Waals surface area contributed by atoms with E-state index in [1.807, 2.05) is 19.9 Å². The minimum Gasteiger partial charge on any atom is -0.378 e. The maximum atomic E-state index is 12.2. The highest BCUT2D eigenvalue weighted by Crippen LogP contribution is 2.14. The van der Waals surface area contributed by atoms with Crippen molar-refractivity contribution in [2.24, 2.45) is 0 Å². The lowest BCUT2D eigenvalue weighted by molar-refractivity contribution is 0.0953. The van der Waals surface area contributed by atoms with Crippen molar-refractivity contribution in [3.63, 3.8) is 0 Å². The Bertz CT molecular complexity index is 697. The maximum absolute atomic E-state index is 12.2. The van der Waals surface area contributed by atoms with Gasteiger partial charge in [0.05, 0.1) is 36.7 Å². The number of carbonyl (C=O) groups excluding carboxylic acids is 1. The molecule has 8 heteroatoms. The number of nitrogens with one attached hydrogen (secondary N) is 1. The summed E-state index contributed by atoms with van der Waals surface area (Å²) in [6, 6.07) is 1.89. The first-order valence-electron chi connectivity index (χ1n) is 7.49. The number of rotatable bonds is 4. The van der Waals surface area contributed by atoms with Crippen LogP contribution in [0.15, 0.2) is 11.6 Å². The van der Waals surface area contributed by atoms with Gasteiger partial charge in [-0.2, -0.15) is 0 Å². The van der Waals surface area contributed by atoms with Gasteiger partial charge in [-0.05, 0) is 19.9 Å². The summed E-state index contributed by atoms with van der Waals surface area (Å²) in [6.45, 7) is 7.09. The fraction of sp³-hybridized carbons (Fsp3) is 0.467. The normalized spacial score (nSPS) is 14.8. The molecule has 1 N–H and O–H groups in total. The number of hydrogen-bond donors (Lipinski definition) is 1. The standard InChI is InChI=1S/C15H19N5O2S/c1-10-7-12(8-16-14(21)13-11(2)17-9-23-13)19-15(18-10)20-3-5-22-6-4-20/h7,9H,3-6,8H2,1-2H3,(H,16,21). The monoisotopic (exact) mass is 333 g/mol. The number of aryl methyl sites for hydroxylation is 2. The zero-order valence-electron chi connectivity index (χ0n) is 13.2. The van der Waals surface area contributed by atoms with Crippen LogP contribution in [0.3, 0.4) is 0 Å². The molecule has 0 spiro atoms. The fourth-order valence-corrected chi connectivity index (χ4v) is 3.10. The van der Waals surface area contributed by atoms with Crippen molar-refractivity contribution in [1.29, 1.82) is 0 Å². The highest BCUT2D eigenvalue weighted by molar-refractivity contribution is 7.11. The van der Waals surface area contributed by atoms with Crippen molar-refractivity contribution in [3.05, 3.63) is 33.5 Å². The van der Waals surface area contributed by atoms with E-state index in [4.69, 9.17) is 4.74 Å². The molecule has 0 aromatic carbocycles. The van der Waals surface area contributed by atoms with Gasteiger partial charge in [0.2, 0.25) is 5.95 Å². The van der Waals surface area contributed by atoms with Crippen LogP contribution in [0.2, 0.25) is 0 Å². The molecule has 0 aliphatic carbocycles. The number of ether oxygens (including phenoxy) is 1. The summed E-state index contributed by atoms with van der Waals surface area (Å²) in [4.78, 5) is 28.1. The highest BCUT2D eigenvalue weighted by Gasteiger charge is 2.16. The molecule has 0 unspecified atom stereocenters. The zero-order chi connectivity index (χ0) is 16.2. The molecule has 2 aromatic heterocycles. The molecule has 1 amide bonds. The van der Waals surface area contributed by atoms with Crippen LogP contribution < -0.4 is 10.2 Å². The van der Waals surface area contributed by atoms with Gasteiger partial charge < -0.3 is 15.0 Å². The summed E-state index contributed by atoms with van der Waals surface area (Å²) in [5.41, 5.74) is 4.12. The molecule has 0 bridgehead atoms. The van der Waals surface area contributed by atoms with Gasteiger partial charge in [-0.15, -0.1) is 11.3 Å². The van der Waals surface area contributed by atoms with E-state index in [2.05, 4.69) is 25.2 Å². The Morgan fingerprint density at radius 1 is 1.35 bits per heavy atom. The number of hydrogen-bond acceptors (Lipinski definition) is 7. The Morgan fingerprint density at radius 2 is 2.13 bits per heavy atom. The molecule has 1 aliphatic rings. The van der Waals surface area contributed by atoms with E-state index in [1.54, 1.807) is 5.51 Å². The third kappa shape index (κ3) is 3.83. The van der Waals surface area contributed by atoms with Crippen LogP contribution in [0.1, 0.15) is 26.8 Å². The molecular formula is C15H19N5O2S. The first-order chi connectivity index (χ1) is 11.1. The van der Waals surface area contributed by atoms with Crippen molar-refractivity contribution in [2.45, 2.75) is 20.4 Å². The molecule has 122 valence electrons. The molecule has 7 nitrogen and oxygen atoms in total. The van der Waals surface area contributed by atoms with Crippen LogP contribution in [0, 0.1) is 13.8 Å². The third-order valence-corrected chi connectivity index (χ3v) is 4.50. The molecule has 2 aromatic rings. The van der Waals surface area contributed by atoms with Gasteiger partial charge in [0.1, 0.15) is 4.88 Å². The predicted octanol–water partition coefficient (Wildman–Crippen LogP) is 1.32. The van der Waals surface area contributed by atoms with E-state index in [0.29, 0.717) is 30.6 Å². The lowest BCUT2D eigenvalue weighted by atomic mass is 10.3. The molecule has 23 heavy (non-hydrogen) atoms. The Labute approximate surface area is 138 Å². The van der Waals surface area contributed by atoms with Crippen LogP contribution in [0.4, 0.5) is 5.95 Å². The second-order valence-corrected chi connectivity index (χ2v) is 6.20. The van der Waals surface area contributed by atoms with E-state index in [1.165, 1.54) is 11.3 Å². The minimum absolute atomic E-state index is 0.116. The summed E-state index contributed by atoms with van der Waals surface area (Å²) in [5.74, 6) is 0.584. The van der Waals surface area contributed by atoms with Gasteiger partial charge in [-0.25, -0.2) is 15.0 Å². The van der Waals surface area contributed by atoms with Crippen molar-refractivity contribution < 1.29 is 9.53 Å². The predicted molar refractivity (Wildman–Crippen MR) is 87.8 cm³/mol. The first kappa shape index (κ1) is 15.8. The Morgan fingerprint density at radius 3 is 2.83 bits per heavy atom. The number of carbonyl (C=O) groups is 1. The highest BCUT2D eigenvalue weighted by atomic mass is 32.1. The van der Waals surface area contributed by atoms with Crippen molar-refractivity contribution in [2.75, 3.05) is 31.2 Å². The van der Waals surface area contributed by atoms with Crippen LogP contribution >= 0.6 is 11.3 Å². The summed E-state index contributed by atoms with van der Waals surface area (Å²) in [7, 11) is 0. The van der Waals surface area contributed by atoms with Gasteiger partial charge >= 0.3 is 0 Å². The molecule has 1 fully saturated rings. The van der Waals surface area contributed by atoms with Crippen LogP contribution in [-0.2, 0) is 11.3 Å². The van der Waals surface area contributed by atoms with E-state index in [9.17, 15) is 4.79 Å². The molecule has 0 radical (unpaired) electrons. The minimum atomic E-state index is -0.116. The quantitative estimate of drug-likeness (QED) is 0.909. The number of aromatic nitrogens is 3. The summed E-state index contributed by atoms with van der Waals surface area (Å²) < 4.78 is 5.35. The molecule has 0 atom stereocenters. The molecular weight excluding hydrogens is 314 g/mol. The molecule has 0 saturated carbocycles. The van der Waals surface area contributed by atoms with Gasteiger partial charge in [0, 0.05) is 18.8 Å². The van der Waals surface area contributed by atoms with Gasteiger partial charge in [0.25, 0.3) is 5.91 Å². The SMILES string of the molecule is Cc1cc(CNC(=O)c2scnc2C)nc(N2CCOCC2)n1. The summed E-state index contributed by atoms with van der Waals surface area (Å²) >= 11 is 1.34. The molecule has 3 rings (SSSR count). The van der Waals surface area contributed by atoms with Crippen LogP contribution in [0.5, 0.6) is 0 Å². The molecule has 1 aliphatic heterocycles. The van der Waals surface area contributed by atoms with Crippen molar-refractivity contribution in [1.82, 2.24) is 20.3 Å². The van der Waals surface area contributed by atoms with Crippen LogP contribution in [0.25, 0.3) is 0 Å². The van der Waals surface area contributed by atoms with Crippen molar-refractivity contribution in [3.8, 4) is 0 Å². The zero-order valence-corrected chi connectivity index (χ0v) is 14.0. The second-order valence-electron chi connectivity index (χ2n) is 5.35. The molecule has 3 heterocycles. The Balaban J connectivity index is 1.69. The second kappa shape index (κ2) is 7.01. The average Bonchev–Trinajstić information content (AvgIpc) is 2.99. The first-order valence-corrected chi connectivity index (χ1v) is 8.37. The van der Waals surface area contributed by atoms with Gasteiger partial charge in [0.15, 0.2) is 0 Å². The third-order valence-electron chi connectivity index (χ3n) is 3.57. The topological polar surface area (TPSA) is 80.2 Å². The number of anilines is 1.